The highest BCUT2D eigenvalue weighted by Gasteiger charge is 2.31. The molecule has 0 radical (unpaired) electrons. The van der Waals surface area contributed by atoms with Crippen molar-refractivity contribution >= 4 is 37.3 Å². The lowest BCUT2D eigenvalue weighted by Crippen LogP contribution is -2.33. The Morgan fingerprint density at radius 3 is 2.26 bits per heavy atom. The second-order valence-electron chi connectivity index (χ2n) is 8.64. The molecule has 35 heavy (non-hydrogen) atoms. The molecule has 1 aliphatic rings. The van der Waals surface area contributed by atoms with E-state index in [1.54, 1.807) is 19.1 Å². The zero-order chi connectivity index (χ0) is 25.5. The van der Waals surface area contributed by atoms with Crippen molar-refractivity contribution in [1.82, 2.24) is 13.5 Å². The first kappa shape index (κ1) is 25.6. The highest BCUT2D eigenvalue weighted by atomic mass is 35.5. The molecule has 12 heteroatoms. The van der Waals surface area contributed by atoms with E-state index >= 15 is 0 Å². The minimum Gasteiger partial charge on any atom is -0.369 e. The standard InChI is InChI=1S/C23H26ClFN4O4S2/c1-16-21(28-12-10-17(11-13-28)19-9-8-18(24)14-20(19)25)15-29(26-16)35(32,33)23-7-5-4-6-22(23)34(30,31)27(2)3/h4-9,14-15,17H,10-13H2,1-3H3. The summed E-state index contributed by atoms with van der Waals surface area (Å²) in [5, 5.41) is 4.56. The van der Waals surface area contributed by atoms with Crippen LogP contribution in [-0.2, 0) is 20.0 Å². The molecule has 0 unspecified atom stereocenters. The summed E-state index contributed by atoms with van der Waals surface area (Å²) in [5.74, 6) is -0.289. The Balaban J connectivity index is 1.60. The number of hydrogen-bond acceptors (Lipinski definition) is 6. The fourth-order valence-electron chi connectivity index (χ4n) is 4.30. The minimum atomic E-state index is -4.28. The van der Waals surface area contributed by atoms with Crippen LogP contribution in [0.25, 0.3) is 0 Å². The zero-order valence-electron chi connectivity index (χ0n) is 19.5. The van der Waals surface area contributed by atoms with Crippen molar-refractivity contribution in [2.24, 2.45) is 0 Å². The van der Waals surface area contributed by atoms with Crippen molar-refractivity contribution in [3.63, 3.8) is 0 Å². The van der Waals surface area contributed by atoms with Crippen LogP contribution in [0.15, 0.2) is 58.5 Å². The number of aromatic nitrogens is 2. The van der Waals surface area contributed by atoms with E-state index < -0.39 is 20.0 Å². The summed E-state index contributed by atoms with van der Waals surface area (Å²) >= 11 is 5.87. The number of nitrogens with zero attached hydrogens (tertiary/aromatic N) is 4. The molecule has 4 rings (SSSR count). The summed E-state index contributed by atoms with van der Waals surface area (Å²) in [5.41, 5.74) is 1.76. The van der Waals surface area contributed by atoms with Gasteiger partial charge in [0.1, 0.15) is 15.6 Å². The molecule has 2 heterocycles. The monoisotopic (exact) mass is 540 g/mol. The van der Waals surface area contributed by atoms with Crippen LogP contribution < -0.4 is 4.90 Å². The molecule has 0 bridgehead atoms. The van der Waals surface area contributed by atoms with Crippen LogP contribution in [0.3, 0.4) is 0 Å². The van der Waals surface area contributed by atoms with Gasteiger partial charge in [-0.3, -0.25) is 0 Å². The second kappa shape index (κ2) is 9.53. The number of aryl methyl sites for hydroxylation is 1. The van der Waals surface area contributed by atoms with Crippen LogP contribution in [0.2, 0.25) is 5.02 Å². The van der Waals surface area contributed by atoms with Crippen molar-refractivity contribution in [1.29, 1.82) is 0 Å². The van der Waals surface area contributed by atoms with Crippen LogP contribution in [0.5, 0.6) is 0 Å². The Morgan fingerprint density at radius 1 is 1.03 bits per heavy atom. The van der Waals surface area contributed by atoms with Crippen LogP contribution in [0.1, 0.15) is 30.0 Å². The number of benzene rings is 2. The topological polar surface area (TPSA) is 92.6 Å². The van der Waals surface area contributed by atoms with E-state index in [2.05, 4.69) is 5.10 Å². The molecule has 188 valence electrons. The van der Waals surface area contributed by atoms with Gasteiger partial charge in [-0.05, 0) is 55.5 Å². The van der Waals surface area contributed by atoms with Crippen LogP contribution in [-0.4, -0.2) is 57.5 Å². The molecular formula is C23H26ClFN4O4S2. The number of hydrogen-bond donors (Lipinski definition) is 0. The largest absolute Gasteiger partial charge is 0.369 e. The van der Waals surface area contributed by atoms with Crippen molar-refractivity contribution in [3.05, 3.63) is 70.8 Å². The van der Waals surface area contributed by atoms with Gasteiger partial charge in [-0.25, -0.2) is 17.1 Å². The zero-order valence-corrected chi connectivity index (χ0v) is 21.9. The summed E-state index contributed by atoms with van der Waals surface area (Å²) in [6, 6.07) is 10.2. The van der Waals surface area contributed by atoms with Crippen LogP contribution in [0.4, 0.5) is 10.1 Å². The second-order valence-corrected chi connectivity index (χ2v) is 13.0. The lowest BCUT2D eigenvalue weighted by Gasteiger charge is -2.33. The molecule has 0 amide bonds. The summed E-state index contributed by atoms with van der Waals surface area (Å²) in [6.45, 7) is 2.88. The van der Waals surface area contributed by atoms with Gasteiger partial charge in [-0.2, -0.15) is 17.6 Å². The van der Waals surface area contributed by atoms with Crippen molar-refractivity contribution in [2.45, 2.75) is 35.5 Å². The first-order valence-corrected chi connectivity index (χ1v) is 14.2. The number of halogens is 2. The van der Waals surface area contributed by atoms with Gasteiger partial charge in [0.15, 0.2) is 0 Å². The van der Waals surface area contributed by atoms with E-state index in [1.807, 2.05) is 4.90 Å². The molecule has 0 N–H and O–H groups in total. The van der Waals surface area contributed by atoms with E-state index in [9.17, 15) is 21.2 Å². The average molecular weight is 541 g/mol. The maximum Gasteiger partial charge on any atom is 0.284 e. The molecule has 1 aromatic heterocycles. The van der Waals surface area contributed by atoms with E-state index in [0.717, 1.165) is 8.39 Å². The summed E-state index contributed by atoms with van der Waals surface area (Å²) in [6.07, 6.45) is 2.77. The van der Waals surface area contributed by atoms with Gasteiger partial charge in [0.05, 0.1) is 17.6 Å². The minimum absolute atomic E-state index is 0.0331. The van der Waals surface area contributed by atoms with Crippen molar-refractivity contribution < 1.29 is 21.2 Å². The quantitative estimate of drug-likeness (QED) is 0.471. The Kier molecular flexibility index (Phi) is 6.98. The molecule has 1 fully saturated rings. The van der Waals surface area contributed by atoms with Gasteiger partial charge < -0.3 is 4.90 Å². The Hall–Kier alpha value is -2.47. The maximum absolute atomic E-state index is 14.4. The Labute approximate surface area is 210 Å². The number of sulfonamides is 1. The molecule has 2 aromatic carbocycles. The van der Waals surface area contributed by atoms with Gasteiger partial charge in [0.2, 0.25) is 10.0 Å². The molecule has 0 spiro atoms. The fourth-order valence-corrected chi connectivity index (χ4v) is 7.30. The smallest absolute Gasteiger partial charge is 0.284 e. The summed E-state index contributed by atoms with van der Waals surface area (Å²) in [7, 11) is -5.59. The van der Waals surface area contributed by atoms with Gasteiger partial charge in [-0.1, -0.05) is 29.8 Å². The van der Waals surface area contributed by atoms with Gasteiger partial charge >= 0.3 is 0 Å². The third-order valence-electron chi connectivity index (χ3n) is 6.22. The first-order valence-electron chi connectivity index (χ1n) is 11.0. The first-order chi connectivity index (χ1) is 16.4. The molecule has 1 saturated heterocycles. The van der Waals surface area contributed by atoms with E-state index in [1.165, 1.54) is 50.6 Å². The molecular weight excluding hydrogens is 515 g/mol. The Morgan fingerprint density at radius 2 is 1.66 bits per heavy atom. The van der Waals surface area contributed by atoms with Gasteiger partial charge in [0.25, 0.3) is 10.0 Å². The van der Waals surface area contributed by atoms with Gasteiger partial charge in [-0.15, -0.1) is 0 Å². The Bertz CT molecular complexity index is 1460. The van der Waals surface area contributed by atoms with Gasteiger partial charge in [0, 0.05) is 32.2 Å². The maximum atomic E-state index is 14.4. The van der Waals surface area contributed by atoms with Crippen LogP contribution in [0, 0.1) is 12.7 Å². The van der Waals surface area contributed by atoms with Crippen molar-refractivity contribution in [2.75, 3.05) is 32.1 Å². The van der Waals surface area contributed by atoms with Crippen LogP contribution >= 0.6 is 11.6 Å². The predicted octanol–water partition coefficient (Wildman–Crippen LogP) is 3.86. The average Bonchev–Trinajstić information content (AvgIpc) is 3.21. The SMILES string of the molecule is Cc1nn(S(=O)(=O)c2ccccc2S(=O)(=O)N(C)C)cc1N1CCC(c2ccc(Cl)cc2F)CC1. The fraction of sp³-hybridized carbons (Fsp3) is 0.348. The highest BCUT2D eigenvalue weighted by molar-refractivity contribution is 7.92. The summed E-state index contributed by atoms with van der Waals surface area (Å²) in [4.78, 5) is 1.35. The molecule has 0 aliphatic carbocycles. The summed E-state index contributed by atoms with van der Waals surface area (Å²) < 4.78 is 68.5. The number of piperidine rings is 1. The molecule has 8 nitrogen and oxygen atoms in total. The predicted molar refractivity (Wildman–Crippen MR) is 132 cm³/mol. The highest BCUT2D eigenvalue weighted by Crippen LogP contribution is 2.34. The lowest BCUT2D eigenvalue weighted by molar-refractivity contribution is 0.481. The normalized spacial score (nSPS) is 15.7. The lowest BCUT2D eigenvalue weighted by atomic mass is 9.89. The third kappa shape index (κ3) is 4.82. The van der Waals surface area contributed by atoms with Crippen molar-refractivity contribution in [3.8, 4) is 0 Å². The van der Waals surface area contributed by atoms with E-state index in [-0.39, 0.29) is 21.5 Å². The molecule has 3 aromatic rings. The van der Waals surface area contributed by atoms with E-state index in [4.69, 9.17) is 11.6 Å². The third-order valence-corrected chi connectivity index (χ3v) is 10.1. The molecule has 0 saturated carbocycles. The van der Waals surface area contributed by atoms with E-state index in [0.29, 0.717) is 47.9 Å². The number of rotatable bonds is 6. The number of anilines is 1. The molecule has 1 aliphatic heterocycles. The molecule has 0 atom stereocenters.